The number of nitrogens with one attached hydrogen (secondary N) is 1. The quantitative estimate of drug-likeness (QED) is 0.686. The number of amides is 1. The summed E-state index contributed by atoms with van der Waals surface area (Å²) in [7, 11) is 0. The summed E-state index contributed by atoms with van der Waals surface area (Å²) in [6, 6.07) is 11.8. The zero-order chi connectivity index (χ0) is 20.7. The standard InChI is InChI=1S/C23H24N4O3/c1-13-3-2-4-17(25-13)21-20(16-9-10-18-19(11-16)30-12-29-18)26-23(27-21)15-7-5-14(6-8-15)22(24)28/h2-4,9-11,14-15H,5-8,12H2,1H3,(H2,24,28)(H,26,27). The molecule has 0 atom stereocenters. The van der Waals surface area contributed by atoms with Gasteiger partial charge in [-0.25, -0.2) is 4.98 Å². The topological polar surface area (TPSA) is 103 Å². The lowest BCUT2D eigenvalue weighted by molar-refractivity contribution is -0.122. The summed E-state index contributed by atoms with van der Waals surface area (Å²) in [5, 5.41) is 0. The third-order valence-electron chi connectivity index (χ3n) is 6.03. The lowest BCUT2D eigenvalue weighted by Gasteiger charge is -2.25. The minimum absolute atomic E-state index is 0.0255. The Balaban J connectivity index is 1.54. The van der Waals surface area contributed by atoms with Crippen LogP contribution in [0.25, 0.3) is 22.6 Å². The number of carbonyl (C=O) groups is 1. The van der Waals surface area contributed by atoms with E-state index in [0.29, 0.717) is 0 Å². The molecule has 0 saturated heterocycles. The van der Waals surface area contributed by atoms with Crippen LogP contribution in [-0.4, -0.2) is 27.7 Å². The summed E-state index contributed by atoms with van der Waals surface area (Å²) >= 11 is 0. The maximum Gasteiger partial charge on any atom is 0.231 e. The SMILES string of the molecule is Cc1cccc(-c2[nH]c(C3CCC(C(N)=O)CC3)nc2-c2ccc3c(c2)OCO3)n1. The van der Waals surface area contributed by atoms with Gasteiger partial charge < -0.3 is 20.2 Å². The van der Waals surface area contributed by atoms with Gasteiger partial charge in [0.1, 0.15) is 5.82 Å². The summed E-state index contributed by atoms with van der Waals surface area (Å²) in [5.41, 5.74) is 9.99. The molecule has 1 saturated carbocycles. The van der Waals surface area contributed by atoms with E-state index in [0.717, 1.165) is 71.3 Å². The van der Waals surface area contributed by atoms with Crippen molar-refractivity contribution in [2.24, 2.45) is 11.7 Å². The third kappa shape index (κ3) is 3.40. The first-order valence-electron chi connectivity index (χ1n) is 10.3. The van der Waals surface area contributed by atoms with Crippen molar-refractivity contribution >= 4 is 5.91 Å². The van der Waals surface area contributed by atoms with E-state index in [1.54, 1.807) is 0 Å². The van der Waals surface area contributed by atoms with Crippen molar-refractivity contribution in [3.63, 3.8) is 0 Å². The van der Waals surface area contributed by atoms with E-state index >= 15 is 0 Å². The number of pyridine rings is 1. The van der Waals surface area contributed by atoms with Crippen molar-refractivity contribution in [3.05, 3.63) is 47.9 Å². The van der Waals surface area contributed by atoms with Gasteiger partial charge in [-0.2, -0.15) is 0 Å². The minimum Gasteiger partial charge on any atom is -0.454 e. The molecule has 0 unspecified atom stereocenters. The second kappa shape index (κ2) is 7.48. The number of rotatable bonds is 4. The van der Waals surface area contributed by atoms with Gasteiger partial charge >= 0.3 is 0 Å². The summed E-state index contributed by atoms with van der Waals surface area (Å²) in [6.45, 7) is 2.21. The van der Waals surface area contributed by atoms with Gasteiger partial charge in [-0.3, -0.25) is 9.78 Å². The Hall–Kier alpha value is -3.35. The fraction of sp³-hybridized carbons (Fsp3) is 0.348. The van der Waals surface area contributed by atoms with Gasteiger partial charge in [0, 0.05) is 23.1 Å². The number of imidazole rings is 1. The summed E-state index contributed by atoms with van der Waals surface area (Å²) < 4.78 is 11.0. The highest BCUT2D eigenvalue weighted by Crippen LogP contribution is 2.40. The maximum absolute atomic E-state index is 11.5. The molecule has 2 aliphatic rings. The zero-order valence-corrected chi connectivity index (χ0v) is 16.9. The van der Waals surface area contributed by atoms with Crippen molar-refractivity contribution in [1.29, 1.82) is 0 Å². The van der Waals surface area contributed by atoms with Crippen LogP contribution in [0.3, 0.4) is 0 Å². The molecule has 5 rings (SSSR count). The van der Waals surface area contributed by atoms with E-state index in [4.69, 9.17) is 25.2 Å². The predicted octanol–water partition coefficient (Wildman–Crippen LogP) is 3.93. The van der Waals surface area contributed by atoms with E-state index < -0.39 is 0 Å². The number of aromatic amines is 1. The highest BCUT2D eigenvalue weighted by atomic mass is 16.7. The van der Waals surface area contributed by atoms with Crippen molar-refractivity contribution in [1.82, 2.24) is 15.0 Å². The number of aryl methyl sites for hydroxylation is 1. The lowest BCUT2D eigenvalue weighted by Crippen LogP contribution is -2.27. The van der Waals surface area contributed by atoms with Crippen molar-refractivity contribution in [3.8, 4) is 34.1 Å². The molecule has 3 N–H and O–H groups in total. The molecule has 30 heavy (non-hydrogen) atoms. The first kappa shape index (κ1) is 18.7. The van der Waals surface area contributed by atoms with Crippen molar-refractivity contribution in [2.45, 2.75) is 38.5 Å². The first-order valence-corrected chi connectivity index (χ1v) is 10.3. The second-order valence-electron chi connectivity index (χ2n) is 8.03. The number of nitrogens with zero attached hydrogens (tertiary/aromatic N) is 2. The van der Waals surface area contributed by atoms with E-state index in [-0.39, 0.29) is 24.5 Å². The van der Waals surface area contributed by atoms with Crippen LogP contribution in [0.2, 0.25) is 0 Å². The van der Waals surface area contributed by atoms with Crippen LogP contribution < -0.4 is 15.2 Å². The Morgan fingerprint density at radius 1 is 1.07 bits per heavy atom. The number of carbonyl (C=O) groups excluding carboxylic acids is 1. The number of nitrogens with two attached hydrogens (primary N) is 1. The molecule has 1 aliphatic carbocycles. The molecule has 1 fully saturated rings. The Morgan fingerprint density at radius 2 is 1.87 bits per heavy atom. The zero-order valence-electron chi connectivity index (χ0n) is 16.9. The maximum atomic E-state index is 11.5. The van der Waals surface area contributed by atoms with Gasteiger partial charge in [-0.1, -0.05) is 6.07 Å². The summed E-state index contributed by atoms with van der Waals surface area (Å²) in [5.74, 6) is 2.45. The van der Waals surface area contributed by atoms with Crippen LogP contribution >= 0.6 is 0 Å². The molecule has 0 bridgehead atoms. The monoisotopic (exact) mass is 404 g/mol. The molecule has 1 amide bonds. The Kier molecular flexibility index (Phi) is 4.65. The first-order chi connectivity index (χ1) is 14.6. The molecule has 3 aromatic rings. The highest BCUT2D eigenvalue weighted by molar-refractivity contribution is 5.78. The number of hydrogen-bond acceptors (Lipinski definition) is 5. The van der Waals surface area contributed by atoms with Crippen LogP contribution in [0, 0.1) is 12.8 Å². The number of aromatic nitrogens is 3. The van der Waals surface area contributed by atoms with Crippen molar-refractivity contribution < 1.29 is 14.3 Å². The summed E-state index contributed by atoms with van der Waals surface area (Å²) in [6.07, 6.45) is 3.39. The van der Waals surface area contributed by atoms with Crippen LogP contribution in [-0.2, 0) is 4.79 Å². The Bertz CT molecular complexity index is 1100. The largest absolute Gasteiger partial charge is 0.454 e. The molecule has 2 aromatic heterocycles. The molecule has 3 heterocycles. The molecule has 1 aliphatic heterocycles. The number of benzene rings is 1. The van der Waals surface area contributed by atoms with E-state index in [1.165, 1.54) is 0 Å². The average Bonchev–Trinajstić information content (AvgIpc) is 3.40. The number of primary amides is 1. The van der Waals surface area contributed by atoms with E-state index in [9.17, 15) is 4.79 Å². The molecular weight excluding hydrogens is 380 g/mol. The average molecular weight is 404 g/mol. The van der Waals surface area contributed by atoms with Crippen LogP contribution in [0.5, 0.6) is 11.5 Å². The molecule has 1 aromatic carbocycles. The van der Waals surface area contributed by atoms with Gasteiger partial charge in [-0.05, 0) is 62.9 Å². The number of fused-ring (bicyclic) bond motifs is 1. The lowest BCUT2D eigenvalue weighted by atomic mass is 9.81. The van der Waals surface area contributed by atoms with Gasteiger partial charge in [0.15, 0.2) is 11.5 Å². The predicted molar refractivity (Wildman–Crippen MR) is 112 cm³/mol. The van der Waals surface area contributed by atoms with Crippen LogP contribution in [0.15, 0.2) is 36.4 Å². The molecule has 7 heteroatoms. The van der Waals surface area contributed by atoms with Gasteiger partial charge in [-0.15, -0.1) is 0 Å². The molecule has 7 nitrogen and oxygen atoms in total. The smallest absolute Gasteiger partial charge is 0.231 e. The molecule has 0 radical (unpaired) electrons. The van der Waals surface area contributed by atoms with Gasteiger partial charge in [0.2, 0.25) is 12.7 Å². The Morgan fingerprint density at radius 3 is 2.63 bits per heavy atom. The van der Waals surface area contributed by atoms with Crippen molar-refractivity contribution in [2.75, 3.05) is 6.79 Å². The minimum atomic E-state index is -0.196. The fourth-order valence-corrected chi connectivity index (χ4v) is 4.36. The third-order valence-corrected chi connectivity index (χ3v) is 6.03. The van der Waals surface area contributed by atoms with Crippen LogP contribution in [0.1, 0.15) is 43.1 Å². The molecule has 154 valence electrons. The van der Waals surface area contributed by atoms with Crippen LogP contribution in [0.4, 0.5) is 0 Å². The number of hydrogen-bond donors (Lipinski definition) is 2. The number of H-pyrrole nitrogens is 1. The van der Waals surface area contributed by atoms with Gasteiger partial charge in [0.05, 0.1) is 17.1 Å². The Labute approximate surface area is 174 Å². The molecular formula is C23H24N4O3. The van der Waals surface area contributed by atoms with Gasteiger partial charge in [0.25, 0.3) is 0 Å². The normalized spacial score (nSPS) is 20.3. The molecule has 0 spiro atoms. The second-order valence-corrected chi connectivity index (χ2v) is 8.03. The fourth-order valence-electron chi connectivity index (χ4n) is 4.36. The van der Waals surface area contributed by atoms with E-state index in [1.807, 2.05) is 43.3 Å². The number of ether oxygens (including phenoxy) is 2. The van der Waals surface area contributed by atoms with E-state index in [2.05, 4.69) is 4.98 Å². The summed E-state index contributed by atoms with van der Waals surface area (Å²) in [4.78, 5) is 24.8. The highest BCUT2D eigenvalue weighted by Gasteiger charge is 2.29.